The molecule has 0 aliphatic carbocycles. The molecular formula is C22H32N4O4. The third-order valence-corrected chi connectivity index (χ3v) is 4.89. The molecule has 1 aliphatic heterocycles. The molecule has 3 rings (SSSR count). The number of nitrogens with zero attached hydrogens (tertiary/aromatic N) is 4. The molecule has 2 aromatic rings. The molecule has 0 atom stereocenters. The minimum atomic E-state index is -0.496. The van der Waals surface area contributed by atoms with E-state index in [1.54, 1.807) is 18.3 Å². The van der Waals surface area contributed by atoms with E-state index in [9.17, 15) is 4.79 Å². The average Bonchev–Trinajstić information content (AvgIpc) is 2.72. The molecule has 1 saturated heterocycles. The van der Waals surface area contributed by atoms with Gasteiger partial charge in [-0.3, -0.25) is 0 Å². The van der Waals surface area contributed by atoms with E-state index in [1.165, 1.54) is 0 Å². The van der Waals surface area contributed by atoms with E-state index in [-0.39, 0.29) is 6.09 Å². The fourth-order valence-electron chi connectivity index (χ4n) is 3.33. The Bertz CT molecular complexity index is 873. The largest absolute Gasteiger partial charge is 0.493 e. The maximum absolute atomic E-state index is 12.3. The molecule has 0 spiro atoms. The van der Waals surface area contributed by atoms with Crippen LogP contribution in [0.4, 0.5) is 10.6 Å². The van der Waals surface area contributed by atoms with Crippen molar-refractivity contribution in [2.45, 2.75) is 46.1 Å². The van der Waals surface area contributed by atoms with E-state index in [1.807, 2.05) is 32.9 Å². The second-order valence-corrected chi connectivity index (χ2v) is 8.37. The molecule has 0 bridgehead atoms. The average molecular weight is 417 g/mol. The van der Waals surface area contributed by atoms with Crippen molar-refractivity contribution in [3.05, 3.63) is 18.5 Å². The van der Waals surface area contributed by atoms with Crippen LogP contribution < -0.4 is 14.4 Å². The molecular weight excluding hydrogens is 384 g/mol. The first-order chi connectivity index (χ1) is 14.3. The molecule has 30 heavy (non-hydrogen) atoms. The molecule has 2 heterocycles. The van der Waals surface area contributed by atoms with Gasteiger partial charge in [-0.05, 0) is 33.3 Å². The fraction of sp³-hybridized carbons (Fsp3) is 0.591. The molecule has 1 aliphatic rings. The van der Waals surface area contributed by atoms with Gasteiger partial charge in [0.1, 0.15) is 17.7 Å². The Morgan fingerprint density at radius 3 is 2.47 bits per heavy atom. The van der Waals surface area contributed by atoms with Gasteiger partial charge in [-0.2, -0.15) is 0 Å². The second kappa shape index (κ2) is 9.36. The van der Waals surface area contributed by atoms with Crippen molar-refractivity contribution in [3.8, 4) is 11.5 Å². The number of unbranched alkanes of at least 4 members (excludes halogenated alkanes) is 1. The smallest absolute Gasteiger partial charge is 0.410 e. The molecule has 164 valence electrons. The molecule has 1 amide bonds. The predicted molar refractivity (Wildman–Crippen MR) is 117 cm³/mol. The fourth-order valence-corrected chi connectivity index (χ4v) is 3.33. The maximum atomic E-state index is 12.3. The lowest BCUT2D eigenvalue weighted by atomic mass is 10.2. The van der Waals surface area contributed by atoms with Crippen LogP contribution in [0.25, 0.3) is 10.9 Å². The van der Waals surface area contributed by atoms with Crippen LogP contribution in [0.3, 0.4) is 0 Å². The van der Waals surface area contributed by atoms with Gasteiger partial charge in [-0.25, -0.2) is 14.8 Å². The lowest BCUT2D eigenvalue weighted by Gasteiger charge is -2.36. The van der Waals surface area contributed by atoms with Gasteiger partial charge in [0.25, 0.3) is 0 Å². The lowest BCUT2D eigenvalue weighted by molar-refractivity contribution is 0.0240. The Balaban J connectivity index is 1.77. The maximum Gasteiger partial charge on any atom is 0.410 e. The number of carbonyl (C=O) groups is 1. The van der Waals surface area contributed by atoms with Crippen LogP contribution in [-0.4, -0.2) is 66.5 Å². The van der Waals surface area contributed by atoms with Crippen molar-refractivity contribution >= 4 is 22.8 Å². The first-order valence-electron chi connectivity index (χ1n) is 10.5. The first-order valence-corrected chi connectivity index (χ1v) is 10.5. The standard InChI is InChI=1S/C22H32N4O4/c1-6-7-12-29-19-14-17-16(13-18(19)28-5)20(24-15-23-17)25-8-10-26(11-9-25)21(27)30-22(2,3)4/h13-15H,6-12H2,1-5H3. The normalized spacial score (nSPS) is 14.7. The van der Waals surface area contributed by atoms with Crippen LogP contribution in [0.15, 0.2) is 18.5 Å². The van der Waals surface area contributed by atoms with Crippen molar-refractivity contribution < 1.29 is 19.0 Å². The molecule has 0 radical (unpaired) electrons. The molecule has 8 heteroatoms. The minimum Gasteiger partial charge on any atom is -0.493 e. The molecule has 1 aromatic carbocycles. The number of ether oxygens (including phenoxy) is 3. The predicted octanol–water partition coefficient (Wildman–Crippen LogP) is 3.87. The summed E-state index contributed by atoms with van der Waals surface area (Å²) in [6.45, 7) is 10.9. The van der Waals surface area contributed by atoms with Gasteiger partial charge < -0.3 is 24.0 Å². The molecule has 1 aromatic heterocycles. The van der Waals surface area contributed by atoms with E-state index in [4.69, 9.17) is 14.2 Å². The van der Waals surface area contributed by atoms with Crippen LogP contribution in [0.2, 0.25) is 0 Å². The Labute approximate surface area is 178 Å². The van der Waals surface area contributed by atoms with Crippen molar-refractivity contribution in [3.63, 3.8) is 0 Å². The van der Waals surface area contributed by atoms with E-state index in [2.05, 4.69) is 21.8 Å². The molecule has 0 saturated carbocycles. The van der Waals surface area contributed by atoms with Crippen LogP contribution in [0.5, 0.6) is 11.5 Å². The number of amides is 1. The summed E-state index contributed by atoms with van der Waals surface area (Å²) < 4.78 is 16.9. The molecule has 1 fully saturated rings. The van der Waals surface area contributed by atoms with Gasteiger partial charge in [-0.15, -0.1) is 0 Å². The third kappa shape index (κ3) is 5.23. The van der Waals surface area contributed by atoms with Gasteiger partial charge in [0.2, 0.25) is 0 Å². The van der Waals surface area contributed by atoms with Crippen molar-refractivity contribution in [1.82, 2.24) is 14.9 Å². The van der Waals surface area contributed by atoms with Crippen LogP contribution in [0, 0.1) is 0 Å². The van der Waals surface area contributed by atoms with Gasteiger partial charge in [0, 0.05) is 37.6 Å². The summed E-state index contributed by atoms with van der Waals surface area (Å²) in [6, 6.07) is 3.85. The van der Waals surface area contributed by atoms with Gasteiger partial charge in [-0.1, -0.05) is 13.3 Å². The van der Waals surface area contributed by atoms with Crippen molar-refractivity contribution in [2.24, 2.45) is 0 Å². The topological polar surface area (TPSA) is 77.0 Å². The zero-order valence-electron chi connectivity index (χ0n) is 18.6. The van der Waals surface area contributed by atoms with Crippen LogP contribution in [-0.2, 0) is 4.74 Å². The third-order valence-electron chi connectivity index (χ3n) is 4.89. The number of piperazine rings is 1. The number of aromatic nitrogens is 2. The summed E-state index contributed by atoms with van der Waals surface area (Å²) in [4.78, 5) is 25.2. The summed E-state index contributed by atoms with van der Waals surface area (Å²) in [7, 11) is 1.64. The summed E-state index contributed by atoms with van der Waals surface area (Å²) in [5.74, 6) is 2.20. The highest BCUT2D eigenvalue weighted by molar-refractivity contribution is 5.92. The number of anilines is 1. The van der Waals surface area contributed by atoms with Crippen molar-refractivity contribution in [2.75, 3.05) is 44.8 Å². The number of methoxy groups -OCH3 is 1. The van der Waals surface area contributed by atoms with Crippen molar-refractivity contribution in [1.29, 1.82) is 0 Å². The second-order valence-electron chi connectivity index (χ2n) is 8.37. The van der Waals surface area contributed by atoms with E-state index < -0.39 is 5.60 Å². The van der Waals surface area contributed by atoms with Gasteiger partial charge in [0.05, 0.1) is 19.2 Å². The van der Waals surface area contributed by atoms with Crippen LogP contribution in [0.1, 0.15) is 40.5 Å². The quantitative estimate of drug-likeness (QED) is 0.662. The Hall–Kier alpha value is -2.77. The number of benzene rings is 1. The number of rotatable bonds is 6. The SMILES string of the molecule is CCCCOc1cc2ncnc(N3CCN(C(=O)OC(C)(C)C)CC3)c2cc1OC. The Morgan fingerprint density at radius 1 is 1.10 bits per heavy atom. The lowest BCUT2D eigenvalue weighted by Crippen LogP contribution is -2.50. The molecule has 0 N–H and O–H groups in total. The van der Waals surface area contributed by atoms with E-state index in [0.717, 1.165) is 29.6 Å². The zero-order chi connectivity index (χ0) is 21.7. The van der Waals surface area contributed by atoms with E-state index in [0.29, 0.717) is 44.3 Å². The van der Waals surface area contributed by atoms with Crippen LogP contribution >= 0.6 is 0 Å². The minimum absolute atomic E-state index is 0.273. The number of fused-ring (bicyclic) bond motifs is 1. The Morgan fingerprint density at radius 2 is 1.83 bits per heavy atom. The van der Waals surface area contributed by atoms with Gasteiger partial charge in [0.15, 0.2) is 11.5 Å². The highest BCUT2D eigenvalue weighted by Crippen LogP contribution is 2.35. The summed E-state index contributed by atoms with van der Waals surface area (Å²) in [5.41, 5.74) is 0.312. The summed E-state index contributed by atoms with van der Waals surface area (Å²) in [5, 5.41) is 0.905. The monoisotopic (exact) mass is 416 g/mol. The number of hydrogen-bond donors (Lipinski definition) is 0. The molecule has 0 unspecified atom stereocenters. The highest BCUT2D eigenvalue weighted by Gasteiger charge is 2.27. The Kier molecular flexibility index (Phi) is 6.84. The number of carbonyl (C=O) groups excluding carboxylic acids is 1. The first kappa shape index (κ1) is 21.9. The zero-order valence-corrected chi connectivity index (χ0v) is 18.6. The molecule has 8 nitrogen and oxygen atoms in total. The summed E-state index contributed by atoms with van der Waals surface area (Å²) in [6.07, 6.45) is 3.35. The van der Waals surface area contributed by atoms with Gasteiger partial charge >= 0.3 is 6.09 Å². The van der Waals surface area contributed by atoms with E-state index >= 15 is 0 Å². The summed E-state index contributed by atoms with van der Waals surface area (Å²) >= 11 is 0. The highest BCUT2D eigenvalue weighted by atomic mass is 16.6. The number of hydrogen-bond acceptors (Lipinski definition) is 7.